The van der Waals surface area contributed by atoms with Crippen molar-refractivity contribution in [3.05, 3.63) is 60.6 Å². The second-order valence-corrected chi connectivity index (χ2v) is 4.51. The molecule has 18 heavy (non-hydrogen) atoms. The van der Waals surface area contributed by atoms with Crippen LogP contribution in [0.1, 0.15) is 23.2 Å². The third-order valence-corrected chi connectivity index (χ3v) is 3.34. The van der Waals surface area contributed by atoms with E-state index in [0.29, 0.717) is 0 Å². The molecule has 0 aliphatic heterocycles. The fraction of sp³-hybridized carbons (Fsp3) is 0.125. The molecule has 0 saturated heterocycles. The van der Waals surface area contributed by atoms with Gasteiger partial charge >= 0.3 is 0 Å². The van der Waals surface area contributed by atoms with Crippen LogP contribution in [0.25, 0.3) is 22.9 Å². The number of hydrogen-bond donors (Lipinski definition) is 0. The summed E-state index contributed by atoms with van der Waals surface area (Å²) in [7, 11) is 0. The smallest absolute Gasteiger partial charge is 0.0892 e. The maximum absolute atomic E-state index is 4.50. The lowest BCUT2D eigenvalue weighted by Crippen LogP contribution is -1.90. The van der Waals surface area contributed by atoms with Crippen LogP contribution < -0.4 is 0 Å². The van der Waals surface area contributed by atoms with Gasteiger partial charge in [0.15, 0.2) is 0 Å². The minimum Gasteiger partial charge on any atom is -0.260 e. The first kappa shape index (κ1) is 10.9. The average Bonchev–Trinajstić information content (AvgIpc) is 2.80. The molecule has 1 aliphatic carbocycles. The molecule has 1 aromatic heterocycles. The molecule has 0 unspecified atom stereocenters. The molecular formula is C16H14N2. The van der Waals surface area contributed by atoms with Crippen LogP contribution in [0.5, 0.6) is 0 Å². The molecule has 1 heterocycles. The van der Waals surface area contributed by atoms with Crippen LogP contribution in [0.4, 0.5) is 0 Å². The van der Waals surface area contributed by atoms with Crippen LogP contribution in [0.15, 0.2) is 43.8 Å². The summed E-state index contributed by atoms with van der Waals surface area (Å²) in [5.74, 6) is 0. The average molecular weight is 234 g/mol. The van der Waals surface area contributed by atoms with Gasteiger partial charge in [0.2, 0.25) is 0 Å². The number of aromatic nitrogens is 2. The lowest BCUT2D eigenvalue weighted by Gasteiger charge is -2.05. The molecule has 3 rings (SSSR count). The van der Waals surface area contributed by atoms with Gasteiger partial charge in [-0.2, -0.15) is 0 Å². The van der Waals surface area contributed by atoms with Crippen LogP contribution in [-0.2, 0) is 6.42 Å². The van der Waals surface area contributed by atoms with Gasteiger partial charge in [0.1, 0.15) is 0 Å². The molecule has 0 bridgehead atoms. The molecule has 88 valence electrons. The zero-order chi connectivity index (χ0) is 12.5. The molecule has 0 fully saturated rings. The number of rotatable bonds is 2. The summed E-state index contributed by atoms with van der Waals surface area (Å²) in [4.78, 5) is 8.69. The first-order valence-electron chi connectivity index (χ1n) is 6.04. The SMILES string of the molecule is C=Cc1cncc(-c2ccc3c(c2)CCC3=C)n1. The number of benzene rings is 1. The van der Waals surface area contributed by atoms with Crippen molar-refractivity contribution in [3.8, 4) is 11.3 Å². The molecule has 0 amide bonds. The first-order valence-corrected chi connectivity index (χ1v) is 6.04. The summed E-state index contributed by atoms with van der Waals surface area (Å²) in [6, 6.07) is 6.43. The van der Waals surface area contributed by atoms with E-state index in [1.54, 1.807) is 18.5 Å². The van der Waals surface area contributed by atoms with Crippen LogP contribution in [0.3, 0.4) is 0 Å². The molecule has 1 aliphatic rings. The van der Waals surface area contributed by atoms with E-state index in [4.69, 9.17) is 0 Å². The highest BCUT2D eigenvalue weighted by molar-refractivity contribution is 5.74. The Balaban J connectivity index is 2.07. The zero-order valence-corrected chi connectivity index (χ0v) is 10.2. The van der Waals surface area contributed by atoms with Gasteiger partial charge in [0.25, 0.3) is 0 Å². The Kier molecular flexibility index (Phi) is 2.56. The minimum atomic E-state index is 0.803. The largest absolute Gasteiger partial charge is 0.260 e. The van der Waals surface area contributed by atoms with Crippen molar-refractivity contribution in [2.24, 2.45) is 0 Å². The lowest BCUT2D eigenvalue weighted by molar-refractivity contribution is 1.08. The topological polar surface area (TPSA) is 25.8 Å². The van der Waals surface area contributed by atoms with Gasteiger partial charge in [-0.3, -0.25) is 4.98 Å². The Morgan fingerprint density at radius 1 is 1.17 bits per heavy atom. The van der Waals surface area contributed by atoms with Crippen LogP contribution in [0, 0.1) is 0 Å². The first-order chi connectivity index (χ1) is 8.78. The normalized spacial score (nSPS) is 13.4. The Labute approximate surface area is 107 Å². The molecule has 0 atom stereocenters. The third kappa shape index (κ3) is 1.76. The van der Waals surface area contributed by atoms with Crippen molar-refractivity contribution >= 4 is 11.6 Å². The van der Waals surface area contributed by atoms with E-state index in [-0.39, 0.29) is 0 Å². The minimum absolute atomic E-state index is 0.803. The van der Waals surface area contributed by atoms with E-state index in [1.165, 1.54) is 16.7 Å². The van der Waals surface area contributed by atoms with Crippen molar-refractivity contribution in [2.75, 3.05) is 0 Å². The summed E-state index contributed by atoms with van der Waals surface area (Å²) >= 11 is 0. The highest BCUT2D eigenvalue weighted by Gasteiger charge is 2.15. The van der Waals surface area contributed by atoms with Gasteiger partial charge in [-0.1, -0.05) is 25.3 Å². The number of aryl methyl sites for hydroxylation is 1. The Morgan fingerprint density at radius 3 is 2.89 bits per heavy atom. The van der Waals surface area contributed by atoms with Crippen molar-refractivity contribution in [1.82, 2.24) is 9.97 Å². The van der Waals surface area contributed by atoms with E-state index in [9.17, 15) is 0 Å². The van der Waals surface area contributed by atoms with Gasteiger partial charge in [0, 0.05) is 5.56 Å². The fourth-order valence-corrected chi connectivity index (χ4v) is 2.34. The van der Waals surface area contributed by atoms with Crippen LogP contribution in [0.2, 0.25) is 0 Å². The van der Waals surface area contributed by atoms with Gasteiger partial charge in [-0.25, -0.2) is 4.98 Å². The van der Waals surface area contributed by atoms with E-state index >= 15 is 0 Å². The number of hydrogen-bond acceptors (Lipinski definition) is 2. The van der Waals surface area contributed by atoms with Crippen LogP contribution >= 0.6 is 0 Å². The second kappa shape index (κ2) is 4.22. The maximum Gasteiger partial charge on any atom is 0.0892 e. The summed E-state index contributed by atoms with van der Waals surface area (Å²) in [6.45, 7) is 7.80. The maximum atomic E-state index is 4.50. The standard InChI is InChI=1S/C16H14N2/c1-3-14-9-17-10-16(18-14)13-6-7-15-11(2)4-5-12(15)8-13/h3,6-10H,1-2,4-5H2. The Morgan fingerprint density at radius 2 is 2.06 bits per heavy atom. The van der Waals surface area contributed by atoms with Crippen molar-refractivity contribution in [3.63, 3.8) is 0 Å². The predicted octanol–water partition coefficient (Wildman–Crippen LogP) is 3.75. The van der Waals surface area contributed by atoms with Crippen LogP contribution in [-0.4, -0.2) is 9.97 Å². The molecule has 1 aromatic carbocycles. The lowest BCUT2D eigenvalue weighted by atomic mass is 10.0. The predicted molar refractivity (Wildman–Crippen MR) is 74.9 cm³/mol. The molecule has 0 radical (unpaired) electrons. The Hall–Kier alpha value is -2.22. The number of nitrogens with zero attached hydrogens (tertiary/aromatic N) is 2. The molecular weight excluding hydrogens is 220 g/mol. The monoisotopic (exact) mass is 234 g/mol. The van der Waals surface area contributed by atoms with Crippen molar-refractivity contribution < 1.29 is 0 Å². The molecule has 2 aromatic rings. The molecule has 2 heteroatoms. The van der Waals surface area contributed by atoms with Gasteiger partial charge in [-0.15, -0.1) is 0 Å². The summed E-state index contributed by atoms with van der Waals surface area (Å²) < 4.78 is 0. The van der Waals surface area contributed by atoms with Gasteiger partial charge in [0.05, 0.1) is 23.8 Å². The van der Waals surface area contributed by atoms with Crippen molar-refractivity contribution in [1.29, 1.82) is 0 Å². The number of allylic oxidation sites excluding steroid dienone is 1. The van der Waals surface area contributed by atoms with E-state index in [2.05, 4.69) is 41.3 Å². The summed E-state index contributed by atoms with van der Waals surface area (Å²) in [5.41, 5.74) is 6.71. The molecule has 0 saturated carbocycles. The van der Waals surface area contributed by atoms with Crippen molar-refractivity contribution in [2.45, 2.75) is 12.8 Å². The highest BCUT2D eigenvalue weighted by Crippen LogP contribution is 2.33. The van der Waals surface area contributed by atoms with Gasteiger partial charge < -0.3 is 0 Å². The fourth-order valence-electron chi connectivity index (χ4n) is 2.34. The quantitative estimate of drug-likeness (QED) is 0.791. The van der Waals surface area contributed by atoms with E-state index in [1.807, 2.05) is 0 Å². The Bertz CT molecular complexity index is 641. The molecule has 0 N–H and O–H groups in total. The van der Waals surface area contributed by atoms with E-state index in [0.717, 1.165) is 29.8 Å². The van der Waals surface area contributed by atoms with Gasteiger partial charge in [-0.05, 0) is 41.7 Å². The molecule has 0 spiro atoms. The second-order valence-electron chi connectivity index (χ2n) is 4.51. The summed E-state index contributed by atoms with van der Waals surface area (Å²) in [6.07, 6.45) is 7.36. The summed E-state index contributed by atoms with van der Waals surface area (Å²) in [5, 5.41) is 0. The number of fused-ring (bicyclic) bond motifs is 1. The third-order valence-electron chi connectivity index (χ3n) is 3.34. The molecule has 2 nitrogen and oxygen atoms in total. The highest BCUT2D eigenvalue weighted by atomic mass is 14.8. The van der Waals surface area contributed by atoms with E-state index < -0.39 is 0 Å². The zero-order valence-electron chi connectivity index (χ0n) is 10.2.